The van der Waals surface area contributed by atoms with Crippen LogP contribution < -0.4 is 9.62 Å². The van der Waals surface area contributed by atoms with Crippen LogP contribution in [-0.2, 0) is 16.4 Å². The first-order chi connectivity index (χ1) is 11.3. The van der Waals surface area contributed by atoms with Crippen LogP contribution >= 0.6 is 31.9 Å². The lowest BCUT2D eigenvalue weighted by atomic mass is 10.1. The van der Waals surface area contributed by atoms with Gasteiger partial charge < -0.3 is 5.32 Å². The van der Waals surface area contributed by atoms with E-state index < -0.39 is 10.0 Å². The summed E-state index contributed by atoms with van der Waals surface area (Å²) in [6, 6.07) is 10.6. The van der Waals surface area contributed by atoms with Crippen molar-refractivity contribution in [2.24, 2.45) is 0 Å². The zero-order valence-corrected chi connectivity index (χ0v) is 16.7. The van der Waals surface area contributed by atoms with Crippen molar-refractivity contribution in [1.29, 1.82) is 0 Å². The fraction of sp³-hybridized carbons (Fsp3) is 0.188. The van der Waals surface area contributed by atoms with Crippen molar-refractivity contribution in [3.63, 3.8) is 0 Å². The normalized spacial score (nSPS) is 13.7. The number of fused-ring (bicyclic) bond motifs is 1. The van der Waals surface area contributed by atoms with Crippen LogP contribution in [0.2, 0.25) is 0 Å². The number of halogens is 2. The van der Waals surface area contributed by atoms with Gasteiger partial charge in [0.2, 0.25) is 10.0 Å². The molecule has 126 valence electrons. The van der Waals surface area contributed by atoms with E-state index in [1.807, 2.05) is 12.1 Å². The molecule has 1 amide bonds. The maximum atomic E-state index is 12.5. The molecule has 0 radical (unpaired) electrons. The molecule has 0 atom stereocenters. The number of hydrogen-bond acceptors (Lipinski definition) is 3. The third-order valence-electron chi connectivity index (χ3n) is 3.77. The van der Waals surface area contributed by atoms with Gasteiger partial charge in [-0.15, -0.1) is 0 Å². The van der Waals surface area contributed by atoms with Crippen molar-refractivity contribution < 1.29 is 13.2 Å². The average molecular weight is 474 g/mol. The minimum absolute atomic E-state index is 0.237. The molecule has 2 aromatic rings. The van der Waals surface area contributed by atoms with Crippen LogP contribution in [0.15, 0.2) is 45.3 Å². The van der Waals surface area contributed by atoms with Gasteiger partial charge in [-0.3, -0.25) is 9.10 Å². The number of carbonyl (C=O) groups excluding carboxylic acids is 1. The van der Waals surface area contributed by atoms with Crippen LogP contribution in [0.5, 0.6) is 0 Å². The summed E-state index contributed by atoms with van der Waals surface area (Å²) in [5.74, 6) is -0.237. The summed E-state index contributed by atoms with van der Waals surface area (Å²) in [5.41, 5.74) is 2.68. The Bertz CT molecular complexity index is 929. The molecule has 0 unspecified atom stereocenters. The largest absolute Gasteiger partial charge is 0.321 e. The molecule has 2 aromatic carbocycles. The highest BCUT2D eigenvalue weighted by molar-refractivity contribution is 9.11. The SMILES string of the molecule is CS(=O)(=O)N1CCc2cc(C(=O)Nc3ccc(Br)cc3Br)ccc21. The summed E-state index contributed by atoms with van der Waals surface area (Å²) >= 11 is 6.78. The number of nitrogens with zero attached hydrogens (tertiary/aromatic N) is 1. The van der Waals surface area contributed by atoms with Crippen LogP contribution in [-0.4, -0.2) is 27.1 Å². The van der Waals surface area contributed by atoms with Gasteiger partial charge in [-0.2, -0.15) is 0 Å². The molecular weight excluding hydrogens is 460 g/mol. The van der Waals surface area contributed by atoms with Gasteiger partial charge in [0.25, 0.3) is 5.91 Å². The van der Waals surface area contributed by atoms with Gasteiger partial charge >= 0.3 is 0 Å². The number of hydrogen-bond donors (Lipinski definition) is 1. The smallest absolute Gasteiger partial charge is 0.255 e. The summed E-state index contributed by atoms with van der Waals surface area (Å²) in [6.07, 6.45) is 1.79. The minimum Gasteiger partial charge on any atom is -0.321 e. The Hall–Kier alpha value is -1.38. The Kier molecular flexibility index (Phi) is 4.72. The first-order valence-electron chi connectivity index (χ1n) is 7.13. The zero-order chi connectivity index (χ0) is 17.5. The van der Waals surface area contributed by atoms with Gasteiger partial charge in [-0.25, -0.2) is 8.42 Å². The Morgan fingerprint density at radius 3 is 2.58 bits per heavy atom. The molecule has 5 nitrogen and oxygen atoms in total. The number of nitrogens with one attached hydrogen (secondary N) is 1. The van der Waals surface area contributed by atoms with Gasteiger partial charge in [0.15, 0.2) is 0 Å². The quantitative estimate of drug-likeness (QED) is 0.737. The van der Waals surface area contributed by atoms with Crippen LogP contribution in [0, 0.1) is 0 Å². The van der Waals surface area contributed by atoms with Gasteiger partial charge in [0.05, 0.1) is 17.6 Å². The molecule has 1 aliphatic heterocycles. The van der Waals surface area contributed by atoms with Gasteiger partial charge in [0, 0.05) is 21.1 Å². The predicted octanol–water partition coefficient (Wildman–Crippen LogP) is 3.79. The van der Waals surface area contributed by atoms with Crippen LogP contribution in [0.1, 0.15) is 15.9 Å². The lowest BCUT2D eigenvalue weighted by Crippen LogP contribution is -2.27. The number of benzene rings is 2. The molecule has 24 heavy (non-hydrogen) atoms. The maximum Gasteiger partial charge on any atom is 0.255 e. The molecule has 0 spiro atoms. The first-order valence-corrected chi connectivity index (χ1v) is 10.6. The maximum absolute atomic E-state index is 12.5. The second-order valence-corrected chi connectivity index (χ2v) is 9.18. The molecule has 0 bridgehead atoms. The van der Waals surface area contributed by atoms with Crippen molar-refractivity contribution >= 4 is 59.2 Å². The third kappa shape index (κ3) is 3.50. The summed E-state index contributed by atoms with van der Waals surface area (Å²) < 4.78 is 26.6. The molecule has 0 aromatic heterocycles. The fourth-order valence-electron chi connectivity index (χ4n) is 2.64. The lowest BCUT2D eigenvalue weighted by Gasteiger charge is -2.16. The number of sulfonamides is 1. The summed E-state index contributed by atoms with van der Waals surface area (Å²) in [6.45, 7) is 0.414. The predicted molar refractivity (Wildman–Crippen MR) is 102 cm³/mol. The zero-order valence-electron chi connectivity index (χ0n) is 12.7. The van der Waals surface area contributed by atoms with E-state index in [1.165, 1.54) is 10.6 Å². The van der Waals surface area contributed by atoms with E-state index in [1.54, 1.807) is 24.3 Å². The first kappa shape index (κ1) is 17.4. The monoisotopic (exact) mass is 472 g/mol. The Morgan fingerprint density at radius 2 is 1.92 bits per heavy atom. The Morgan fingerprint density at radius 1 is 1.17 bits per heavy atom. The van der Waals surface area contributed by atoms with Crippen molar-refractivity contribution in [3.05, 3.63) is 56.5 Å². The van der Waals surface area contributed by atoms with E-state index in [-0.39, 0.29) is 5.91 Å². The topological polar surface area (TPSA) is 66.5 Å². The van der Waals surface area contributed by atoms with Crippen molar-refractivity contribution in [2.45, 2.75) is 6.42 Å². The molecule has 0 saturated heterocycles. The molecule has 0 fully saturated rings. The Balaban J connectivity index is 1.85. The van der Waals surface area contributed by atoms with Gasteiger partial charge in [-0.05, 0) is 64.3 Å². The molecular formula is C16H14Br2N2O3S. The van der Waals surface area contributed by atoms with E-state index in [2.05, 4.69) is 37.2 Å². The highest BCUT2D eigenvalue weighted by Crippen LogP contribution is 2.31. The molecule has 3 rings (SSSR count). The Labute approximate surface area is 157 Å². The molecule has 1 heterocycles. The van der Waals surface area contributed by atoms with E-state index >= 15 is 0 Å². The van der Waals surface area contributed by atoms with Crippen molar-refractivity contribution in [3.8, 4) is 0 Å². The third-order valence-corrected chi connectivity index (χ3v) is 6.10. The number of amides is 1. The molecule has 8 heteroatoms. The van der Waals surface area contributed by atoms with Crippen LogP contribution in [0.4, 0.5) is 11.4 Å². The van der Waals surface area contributed by atoms with Crippen molar-refractivity contribution in [2.75, 3.05) is 22.4 Å². The summed E-state index contributed by atoms with van der Waals surface area (Å²) in [4.78, 5) is 12.5. The van der Waals surface area contributed by atoms with Gasteiger partial charge in [0.1, 0.15) is 0 Å². The molecule has 1 N–H and O–H groups in total. The second-order valence-electron chi connectivity index (χ2n) is 5.51. The number of anilines is 2. The van der Waals surface area contributed by atoms with E-state index in [9.17, 15) is 13.2 Å². The summed E-state index contributed by atoms with van der Waals surface area (Å²) in [7, 11) is -3.29. The average Bonchev–Trinajstić information content (AvgIpc) is 2.93. The van der Waals surface area contributed by atoms with Gasteiger partial charge in [-0.1, -0.05) is 15.9 Å². The molecule has 0 aliphatic carbocycles. The summed E-state index contributed by atoms with van der Waals surface area (Å²) in [5, 5.41) is 2.85. The molecule has 0 saturated carbocycles. The standard InChI is InChI=1S/C16H14Br2N2O3S/c1-24(22,23)20-7-6-10-8-11(2-5-15(10)20)16(21)19-14-4-3-12(17)9-13(14)18/h2-5,8-9H,6-7H2,1H3,(H,19,21). The van der Waals surface area contributed by atoms with E-state index in [0.29, 0.717) is 29.9 Å². The van der Waals surface area contributed by atoms with Crippen LogP contribution in [0.25, 0.3) is 0 Å². The van der Waals surface area contributed by atoms with Crippen molar-refractivity contribution in [1.82, 2.24) is 0 Å². The highest BCUT2D eigenvalue weighted by atomic mass is 79.9. The van der Waals surface area contributed by atoms with Crippen LogP contribution in [0.3, 0.4) is 0 Å². The number of carbonyl (C=O) groups is 1. The number of rotatable bonds is 3. The highest BCUT2D eigenvalue weighted by Gasteiger charge is 2.26. The van der Waals surface area contributed by atoms with E-state index in [0.717, 1.165) is 14.5 Å². The lowest BCUT2D eigenvalue weighted by molar-refractivity contribution is 0.102. The minimum atomic E-state index is -3.29. The second kappa shape index (κ2) is 6.50. The fourth-order valence-corrected chi connectivity index (χ4v) is 4.75. The van der Waals surface area contributed by atoms with E-state index in [4.69, 9.17) is 0 Å². The molecule has 1 aliphatic rings.